The van der Waals surface area contributed by atoms with Crippen LogP contribution in [0.1, 0.15) is 82.1 Å². The Bertz CT molecular complexity index is 1590. The van der Waals surface area contributed by atoms with Crippen molar-refractivity contribution in [2.45, 2.75) is 94.2 Å². The molecule has 0 saturated carbocycles. The van der Waals surface area contributed by atoms with Crippen molar-refractivity contribution in [3.63, 3.8) is 0 Å². The van der Waals surface area contributed by atoms with Crippen LogP contribution in [0.2, 0.25) is 0 Å². The van der Waals surface area contributed by atoms with Crippen molar-refractivity contribution in [2.24, 2.45) is 10.8 Å². The number of nitrogens with zero attached hydrogens (tertiary/aromatic N) is 2. The summed E-state index contributed by atoms with van der Waals surface area (Å²) in [7, 11) is 0. The fraction of sp³-hybridized carbons (Fsp3) is 0.500. The Morgan fingerprint density at radius 2 is 0.852 bits per heavy atom. The molecule has 2 unspecified atom stereocenters. The average molecular weight is 735 g/mol. The van der Waals surface area contributed by atoms with Crippen molar-refractivity contribution in [1.82, 2.24) is 9.80 Å². The Hall–Kier alpha value is -3.68. The molecule has 2 fully saturated rings. The second-order valence-corrected chi connectivity index (χ2v) is 16.7. The molecule has 0 bridgehead atoms. The van der Waals surface area contributed by atoms with Crippen LogP contribution in [0.4, 0.5) is 0 Å². The molecule has 0 radical (unpaired) electrons. The molecule has 0 N–H and O–H groups in total. The number of morpholine rings is 2. The third kappa shape index (κ3) is 11.9. The van der Waals surface area contributed by atoms with E-state index in [1.807, 2.05) is 13.8 Å². The van der Waals surface area contributed by atoms with Crippen molar-refractivity contribution in [2.75, 3.05) is 52.6 Å². The molecule has 0 aromatic rings. The lowest BCUT2D eigenvalue weighted by molar-refractivity contribution is -0.125. The zero-order valence-electron chi connectivity index (χ0n) is 34.8. The highest BCUT2D eigenvalue weighted by Gasteiger charge is 2.42. The normalized spacial score (nSPS) is 26.3. The predicted molar refractivity (Wildman–Crippen MR) is 225 cm³/mol. The van der Waals surface area contributed by atoms with E-state index >= 15 is 0 Å². The molecule has 0 aromatic heterocycles. The molecule has 54 heavy (non-hydrogen) atoms. The van der Waals surface area contributed by atoms with Crippen molar-refractivity contribution < 1.29 is 19.1 Å². The number of ether oxygens (including phenoxy) is 2. The van der Waals surface area contributed by atoms with Crippen molar-refractivity contribution in [3.05, 3.63) is 130 Å². The van der Waals surface area contributed by atoms with Crippen LogP contribution in [-0.2, 0) is 19.1 Å². The maximum atomic E-state index is 13.3. The Kier molecular flexibility index (Phi) is 15.8. The van der Waals surface area contributed by atoms with Crippen LogP contribution < -0.4 is 0 Å². The molecule has 2 aliphatic carbocycles. The number of hydrogen-bond donors (Lipinski definition) is 0. The third-order valence-corrected chi connectivity index (χ3v) is 11.3. The SMILES string of the molecule is CC(C=CC=C(C)C=CC1=C(C)C(=O)C(N2CCOCC2)CC1(C)C)=CC=CC=C(C)C=CC=C(C)C=CC1=C(C)C(=O)C(N2CCOCC2)CC1(C)C. The first-order valence-corrected chi connectivity index (χ1v) is 19.8. The van der Waals surface area contributed by atoms with Gasteiger partial charge < -0.3 is 9.47 Å². The minimum Gasteiger partial charge on any atom is -0.379 e. The minimum absolute atomic E-state index is 0.0488. The molecule has 2 saturated heterocycles. The molecule has 6 nitrogen and oxygen atoms in total. The zero-order chi connectivity index (χ0) is 39.5. The lowest BCUT2D eigenvalue weighted by atomic mass is 9.69. The number of ketones is 2. The van der Waals surface area contributed by atoms with Crippen LogP contribution in [-0.4, -0.2) is 86.1 Å². The lowest BCUT2D eigenvalue weighted by Crippen LogP contribution is -2.51. The molecule has 2 atom stereocenters. The maximum Gasteiger partial charge on any atom is 0.175 e. The van der Waals surface area contributed by atoms with Crippen molar-refractivity contribution in [1.29, 1.82) is 0 Å². The van der Waals surface area contributed by atoms with Gasteiger partial charge in [-0.1, -0.05) is 135 Å². The topological polar surface area (TPSA) is 59.1 Å². The first-order valence-electron chi connectivity index (χ1n) is 19.8. The summed E-state index contributed by atoms with van der Waals surface area (Å²) in [5, 5.41) is 0. The van der Waals surface area contributed by atoms with E-state index < -0.39 is 0 Å². The van der Waals surface area contributed by atoms with Gasteiger partial charge in [-0.25, -0.2) is 0 Å². The van der Waals surface area contributed by atoms with Gasteiger partial charge >= 0.3 is 0 Å². The van der Waals surface area contributed by atoms with E-state index in [-0.39, 0.29) is 34.5 Å². The van der Waals surface area contributed by atoms with E-state index in [0.717, 1.165) is 83.6 Å². The number of rotatable bonds is 12. The predicted octanol–water partition coefficient (Wildman–Crippen LogP) is 9.59. The third-order valence-electron chi connectivity index (χ3n) is 11.3. The summed E-state index contributed by atoms with van der Waals surface area (Å²) in [5.41, 5.74) is 8.48. The molecular weight excluding hydrogens is 669 g/mol. The molecule has 2 aliphatic heterocycles. The average Bonchev–Trinajstić information content (AvgIpc) is 3.13. The van der Waals surface area contributed by atoms with Gasteiger partial charge in [-0.05, 0) is 87.5 Å². The molecule has 0 spiro atoms. The smallest absolute Gasteiger partial charge is 0.175 e. The van der Waals surface area contributed by atoms with Crippen LogP contribution >= 0.6 is 0 Å². The number of Topliss-reactive ketones (excluding diaryl/α,β-unsaturated/α-hetero) is 2. The summed E-state index contributed by atoms with van der Waals surface area (Å²) in [5.74, 6) is 0.515. The van der Waals surface area contributed by atoms with Gasteiger partial charge in [0.05, 0.1) is 38.5 Å². The van der Waals surface area contributed by atoms with E-state index in [4.69, 9.17) is 9.47 Å². The Morgan fingerprint density at radius 3 is 1.20 bits per heavy atom. The van der Waals surface area contributed by atoms with Gasteiger partial charge in [0.2, 0.25) is 0 Å². The molecule has 2 heterocycles. The summed E-state index contributed by atoms with van der Waals surface area (Å²) >= 11 is 0. The molecule has 6 heteroatoms. The molecule has 292 valence electrons. The minimum atomic E-state index is -0.0730. The van der Waals surface area contributed by atoms with Gasteiger partial charge in [-0.15, -0.1) is 0 Å². The Morgan fingerprint density at radius 1 is 0.537 bits per heavy atom. The zero-order valence-corrected chi connectivity index (χ0v) is 34.8. The first-order chi connectivity index (χ1) is 25.6. The number of allylic oxidation sites excluding steroid dienone is 20. The fourth-order valence-electron chi connectivity index (χ4n) is 7.99. The Labute approximate surface area is 326 Å². The summed E-state index contributed by atoms with van der Waals surface area (Å²) in [6.45, 7) is 27.5. The number of carbonyl (C=O) groups is 2. The van der Waals surface area contributed by atoms with E-state index in [9.17, 15) is 9.59 Å². The van der Waals surface area contributed by atoms with E-state index in [1.165, 1.54) is 0 Å². The molecule has 0 aromatic carbocycles. The van der Waals surface area contributed by atoms with Crippen LogP contribution in [0, 0.1) is 10.8 Å². The van der Waals surface area contributed by atoms with Crippen LogP contribution in [0.15, 0.2) is 130 Å². The lowest BCUT2D eigenvalue weighted by Gasteiger charge is -2.42. The first kappa shape index (κ1) is 43.1. The molecule has 0 amide bonds. The largest absolute Gasteiger partial charge is 0.379 e. The van der Waals surface area contributed by atoms with Crippen LogP contribution in [0.3, 0.4) is 0 Å². The van der Waals surface area contributed by atoms with Gasteiger partial charge in [0.25, 0.3) is 0 Å². The van der Waals surface area contributed by atoms with Crippen molar-refractivity contribution >= 4 is 11.6 Å². The monoisotopic (exact) mass is 735 g/mol. The summed E-state index contributed by atoms with van der Waals surface area (Å²) in [4.78, 5) is 31.3. The highest BCUT2D eigenvalue weighted by atomic mass is 16.5. The number of hydrogen-bond acceptors (Lipinski definition) is 6. The summed E-state index contributed by atoms with van der Waals surface area (Å²) < 4.78 is 11.0. The van der Waals surface area contributed by atoms with Crippen LogP contribution in [0.25, 0.3) is 0 Å². The van der Waals surface area contributed by atoms with Gasteiger partial charge in [0.15, 0.2) is 11.6 Å². The fourth-order valence-corrected chi connectivity index (χ4v) is 7.99. The molecule has 4 aliphatic rings. The van der Waals surface area contributed by atoms with Crippen LogP contribution in [0.5, 0.6) is 0 Å². The van der Waals surface area contributed by atoms with Gasteiger partial charge in [0, 0.05) is 26.2 Å². The summed E-state index contributed by atoms with van der Waals surface area (Å²) in [6, 6.07) is -0.0976. The second-order valence-electron chi connectivity index (χ2n) is 16.7. The maximum absolute atomic E-state index is 13.3. The van der Waals surface area contributed by atoms with Crippen molar-refractivity contribution in [3.8, 4) is 0 Å². The molecular formula is C48H66N2O4. The van der Waals surface area contributed by atoms with E-state index in [0.29, 0.717) is 26.4 Å². The highest BCUT2D eigenvalue weighted by molar-refractivity contribution is 6.02. The standard InChI is InChI=1S/C48H66N2O4/c1-35(17-13-19-37(3)21-23-41-39(5)45(51)43(33-47(41,7)8)49-25-29-53-30-26-49)15-11-12-16-36(2)18-14-20-38(4)22-24-42-40(6)46(52)44(34-48(42,9)10)50-27-31-54-32-28-50/h11-24,43-44H,25-34H2,1-10H3. The molecule has 4 rings (SSSR count). The highest BCUT2D eigenvalue weighted by Crippen LogP contribution is 2.42. The number of carbonyl (C=O) groups excluding carboxylic acids is 2. The van der Waals surface area contributed by atoms with Gasteiger partial charge in [-0.2, -0.15) is 0 Å². The van der Waals surface area contributed by atoms with Gasteiger partial charge in [-0.3, -0.25) is 19.4 Å². The van der Waals surface area contributed by atoms with E-state index in [2.05, 4.69) is 150 Å². The quantitative estimate of drug-likeness (QED) is 0.186. The van der Waals surface area contributed by atoms with Gasteiger partial charge in [0.1, 0.15) is 0 Å². The van der Waals surface area contributed by atoms with E-state index in [1.54, 1.807) is 0 Å². The second kappa shape index (κ2) is 19.8. The Balaban J connectivity index is 1.28. The summed E-state index contributed by atoms with van der Waals surface area (Å²) in [6.07, 6.45) is 31.1.